The Hall–Kier alpha value is -3.39. The Bertz CT molecular complexity index is 1030. The van der Waals surface area contributed by atoms with Crippen LogP contribution in [-0.4, -0.2) is 39.6 Å². The summed E-state index contributed by atoms with van der Waals surface area (Å²) in [6, 6.07) is 16.3. The molecule has 0 saturated carbocycles. The van der Waals surface area contributed by atoms with Crippen molar-refractivity contribution in [3.05, 3.63) is 59.9 Å². The first-order chi connectivity index (χ1) is 14.7. The van der Waals surface area contributed by atoms with Crippen LogP contribution in [0.15, 0.2) is 48.5 Å². The van der Waals surface area contributed by atoms with Crippen LogP contribution in [0.2, 0.25) is 0 Å². The number of nitrogens with one attached hydrogen (secondary N) is 1. The summed E-state index contributed by atoms with van der Waals surface area (Å²) in [7, 11) is 0. The lowest BCUT2D eigenvalue weighted by atomic mass is 10.0. The number of nitrogens with zero attached hydrogens (tertiary/aromatic N) is 4. The second-order valence-corrected chi connectivity index (χ2v) is 7.46. The quantitative estimate of drug-likeness (QED) is 0.668. The van der Waals surface area contributed by atoms with Gasteiger partial charge in [-0.1, -0.05) is 24.3 Å². The Balaban J connectivity index is 1.34. The summed E-state index contributed by atoms with van der Waals surface area (Å²) in [6.45, 7) is 2.77. The molecule has 8 heteroatoms. The summed E-state index contributed by atoms with van der Waals surface area (Å²) in [4.78, 5) is 15.6. The minimum absolute atomic E-state index is 0.216. The average Bonchev–Trinajstić information content (AvgIpc) is 3.22. The minimum atomic E-state index is 0.216. The van der Waals surface area contributed by atoms with Crippen LogP contribution >= 0.6 is 0 Å². The number of para-hydroxylation sites is 1. The van der Waals surface area contributed by atoms with Crippen LogP contribution < -0.4 is 20.5 Å². The van der Waals surface area contributed by atoms with Crippen molar-refractivity contribution in [3.63, 3.8) is 0 Å². The fourth-order valence-electron chi connectivity index (χ4n) is 4.06. The first-order valence-corrected chi connectivity index (χ1v) is 10.2. The van der Waals surface area contributed by atoms with Gasteiger partial charge in [0.2, 0.25) is 11.9 Å². The fraction of sp³-hybridized carbons (Fsp3) is 0.318. The molecule has 1 fully saturated rings. The van der Waals surface area contributed by atoms with Gasteiger partial charge in [0.1, 0.15) is 19.0 Å². The number of nitrogen functional groups attached to an aromatic ring is 1. The maximum Gasteiger partial charge on any atom is 0.232 e. The largest absolute Gasteiger partial charge is 0.486 e. The summed E-state index contributed by atoms with van der Waals surface area (Å²) in [5.74, 6) is 2.97. The molecule has 0 bridgehead atoms. The van der Waals surface area contributed by atoms with E-state index >= 15 is 0 Å². The van der Waals surface area contributed by atoms with E-state index in [1.54, 1.807) is 0 Å². The molecule has 0 aliphatic carbocycles. The molecule has 30 heavy (non-hydrogen) atoms. The molecule has 0 spiro atoms. The third kappa shape index (κ3) is 3.99. The Morgan fingerprint density at radius 1 is 1.00 bits per heavy atom. The lowest BCUT2D eigenvalue weighted by Crippen LogP contribution is -2.25. The van der Waals surface area contributed by atoms with Crippen molar-refractivity contribution >= 4 is 17.6 Å². The number of ether oxygens (including phenoxy) is 2. The molecule has 1 atom stereocenters. The number of hydrogen-bond donors (Lipinski definition) is 2. The molecule has 8 nitrogen and oxygen atoms in total. The number of nitrogens with two attached hydrogens (primary N) is 1. The van der Waals surface area contributed by atoms with Crippen molar-refractivity contribution in [2.24, 2.45) is 0 Å². The molecule has 0 amide bonds. The Morgan fingerprint density at radius 2 is 1.83 bits per heavy atom. The normalized spacial score (nSPS) is 18.3. The van der Waals surface area contributed by atoms with Crippen LogP contribution in [0.3, 0.4) is 0 Å². The summed E-state index contributed by atoms with van der Waals surface area (Å²) in [5, 5.41) is 3.20. The number of likely N-dealkylation sites (tertiary alicyclic amines) is 1. The van der Waals surface area contributed by atoms with Crippen molar-refractivity contribution in [1.29, 1.82) is 0 Å². The maximum atomic E-state index is 5.96. The highest BCUT2D eigenvalue weighted by molar-refractivity contribution is 5.53. The first kappa shape index (κ1) is 18.6. The lowest BCUT2D eigenvalue weighted by molar-refractivity contribution is 0.170. The average molecular weight is 404 g/mol. The zero-order chi connectivity index (χ0) is 20.3. The van der Waals surface area contributed by atoms with Gasteiger partial charge in [-0.25, -0.2) is 0 Å². The van der Waals surface area contributed by atoms with Crippen LogP contribution in [0, 0.1) is 0 Å². The standard InChI is InChI=1S/C22H24N6O2/c23-21-25-20(26-22(27-21)24-16-5-2-1-3-6-16)14-28-10-4-7-17(28)15-8-9-18-19(13-15)30-12-11-29-18/h1-3,5-6,8-9,13,17H,4,7,10-12,14H2,(H3,23,24,25,26,27)/t17-/m1/s1. The van der Waals surface area contributed by atoms with Gasteiger partial charge in [-0.15, -0.1) is 0 Å². The van der Waals surface area contributed by atoms with Gasteiger partial charge in [0.05, 0.1) is 6.54 Å². The predicted octanol–water partition coefficient (Wildman–Crippen LogP) is 3.31. The molecule has 2 aromatic carbocycles. The highest BCUT2D eigenvalue weighted by Gasteiger charge is 2.28. The highest BCUT2D eigenvalue weighted by atomic mass is 16.6. The van der Waals surface area contributed by atoms with E-state index in [9.17, 15) is 0 Å². The number of fused-ring (bicyclic) bond motifs is 1. The van der Waals surface area contributed by atoms with Gasteiger partial charge in [-0.2, -0.15) is 15.0 Å². The van der Waals surface area contributed by atoms with Gasteiger partial charge in [0.25, 0.3) is 0 Å². The second-order valence-electron chi connectivity index (χ2n) is 7.46. The summed E-state index contributed by atoms with van der Waals surface area (Å²) < 4.78 is 11.4. The molecule has 3 heterocycles. The molecular weight excluding hydrogens is 380 g/mol. The molecule has 1 saturated heterocycles. The summed E-state index contributed by atoms with van der Waals surface area (Å²) in [5.41, 5.74) is 8.09. The SMILES string of the molecule is Nc1nc(CN2CCC[C@@H]2c2ccc3c(c2)OCCO3)nc(Nc2ccccc2)n1. The number of hydrogen-bond acceptors (Lipinski definition) is 8. The Labute approximate surface area is 175 Å². The van der Waals surface area contributed by atoms with Crippen LogP contribution in [0.5, 0.6) is 11.5 Å². The number of anilines is 3. The summed E-state index contributed by atoms with van der Waals surface area (Å²) >= 11 is 0. The van der Waals surface area contributed by atoms with Crippen molar-refractivity contribution in [2.45, 2.75) is 25.4 Å². The molecule has 2 aliphatic rings. The maximum absolute atomic E-state index is 5.96. The minimum Gasteiger partial charge on any atom is -0.486 e. The molecule has 2 aliphatic heterocycles. The van der Waals surface area contributed by atoms with E-state index in [-0.39, 0.29) is 12.0 Å². The Kier molecular flexibility index (Phi) is 5.06. The molecule has 3 aromatic rings. The molecular formula is C22H24N6O2. The van der Waals surface area contributed by atoms with Gasteiger partial charge in [-0.3, -0.25) is 4.90 Å². The van der Waals surface area contributed by atoms with E-state index in [1.165, 1.54) is 5.56 Å². The monoisotopic (exact) mass is 404 g/mol. The molecule has 5 rings (SSSR count). The van der Waals surface area contributed by atoms with Crippen LogP contribution in [0.1, 0.15) is 30.3 Å². The van der Waals surface area contributed by atoms with Crippen molar-refractivity contribution in [2.75, 3.05) is 30.8 Å². The topological polar surface area (TPSA) is 98.4 Å². The van der Waals surface area contributed by atoms with Crippen molar-refractivity contribution in [1.82, 2.24) is 19.9 Å². The zero-order valence-corrected chi connectivity index (χ0v) is 16.6. The number of aromatic nitrogens is 3. The third-order valence-electron chi connectivity index (χ3n) is 5.39. The van der Waals surface area contributed by atoms with E-state index in [1.807, 2.05) is 36.4 Å². The van der Waals surface area contributed by atoms with Crippen molar-refractivity contribution < 1.29 is 9.47 Å². The third-order valence-corrected chi connectivity index (χ3v) is 5.39. The van der Waals surface area contributed by atoms with Crippen LogP contribution in [0.25, 0.3) is 0 Å². The molecule has 1 aromatic heterocycles. The van der Waals surface area contributed by atoms with Gasteiger partial charge >= 0.3 is 0 Å². The molecule has 0 radical (unpaired) electrons. The first-order valence-electron chi connectivity index (χ1n) is 10.2. The van der Waals surface area contributed by atoms with Crippen LogP contribution in [0.4, 0.5) is 17.6 Å². The van der Waals surface area contributed by atoms with Gasteiger partial charge in [-0.05, 0) is 49.2 Å². The fourth-order valence-corrected chi connectivity index (χ4v) is 4.06. The molecule has 3 N–H and O–H groups in total. The van der Waals surface area contributed by atoms with E-state index < -0.39 is 0 Å². The lowest BCUT2D eigenvalue weighted by Gasteiger charge is -2.26. The van der Waals surface area contributed by atoms with Gasteiger partial charge in [0, 0.05) is 11.7 Å². The predicted molar refractivity (Wildman–Crippen MR) is 114 cm³/mol. The van der Waals surface area contributed by atoms with Gasteiger partial charge < -0.3 is 20.5 Å². The number of rotatable bonds is 5. The van der Waals surface area contributed by atoms with E-state index in [0.29, 0.717) is 31.5 Å². The Morgan fingerprint density at radius 3 is 2.70 bits per heavy atom. The molecule has 154 valence electrons. The number of benzene rings is 2. The van der Waals surface area contributed by atoms with E-state index in [2.05, 4.69) is 37.3 Å². The smallest absolute Gasteiger partial charge is 0.232 e. The van der Waals surface area contributed by atoms with Crippen LogP contribution in [-0.2, 0) is 6.54 Å². The van der Waals surface area contributed by atoms with Crippen molar-refractivity contribution in [3.8, 4) is 11.5 Å². The summed E-state index contributed by atoms with van der Waals surface area (Å²) in [6.07, 6.45) is 2.20. The highest BCUT2D eigenvalue weighted by Crippen LogP contribution is 2.38. The molecule has 0 unspecified atom stereocenters. The zero-order valence-electron chi connectivity index (χ0n) is 16.6. The van der Waals surface area contributed by atoms with E-state index in [4.69, 9.17) is 15.2 Å². The van der Waals surface area contributed by atoms with Gasteiger partial charge in [0.15, 0.2) is 11.5 Å². The van der Waals surface area contributed by atoms with E-state index in [0.717, 1.165) is 36.6 Å². The second kappa shape index (κ2) is 8.16.